The lowest BCUT2D eigenvalue weighted by molar-refractivity contribution is -0.0301. The molecule has 3 rings (SSSR count). The highest BCUT2D eigenvalue weighted by atomic mass is 19.3. The van der Waals surface area contributed by atoms with Crippen molar-refractivity contribution in [3.63, 3.8) is 0 Å². The van der Waals surface area contributed by atoms with Crippen LogP contribution < -0.4 is 0 Å². The highest BCUT2D eigenvalue weighted by molar-refractivity contribution is 5.65. The number of aliphatic hydroxyl groups is 1. The van der Waals surface area contributed by atoms with Crippen molar-refractivity contribution in [2.45, 2.75) is 43.9 Å². The predicted molar refractivity (Wildman–Crippen MR) is 71.3 cm³/mol. The molecule has 0 radical (unpaired) electrons. The summed E-state index contributed by atoms with van der Waals surface area (Å²) in [5, 5.41) is 23.4. The van der Waals surface area contributed by atoms with Crippen LogP contribution in [0.5, 0.6) is 0 Å². The molecule has 1 amide bonds. The zero-order valence-corrected chi connectivity index (χ0v) is 11.7. The van der Waals surface area contributed by atoms with Gasteiger partial charge in [0, 0.05) is 24.9 Å². The average Bonchev–Trinajstić information content (AvgIpc) is 2.77. The van der Waals surface area contributed by atoms with Gasteiger partial charge in [-0.1, -0.05) is 5.92 Å². The summed E-state index contributed by atoms with van der Waals surface area (Å²) < 4.78 is 30.0. The van der Waals surface area contributed by atoms with Gasteiger partial charge in [0.1, 0.15) is 11.3 Å². The zero-order chi connectivity index (χ0) is 16.1. The van der Waals surface area contributed by atoms with Crippen molar-refractivity contribution < 1.29 is 23.8 Å². The Kier molecular flexibility index (Phi) is 3.14. The zero-order valence-electron chi connectivity index (χ0n) is 11.7. The van der Waals surface area contributed by atoms with E-state index in [2.05, 4.69) is 11.0 Å². The minimum absolute atomic E-state index is 0.121. The summed E-state index contributed by atoms with van der Waals surface area (Å²) in [6.07, 6.45) is 3.55. The molecule has 6 nitrogen and oxygen atoms in total. The highest BCUT2D eigenvalue weighted by Gasteiger charge is 2.46. The first kappa shape index (κ1) is 14.8. The van der Waals surface area contributed by atoms with Gasteiger partial charge in [-0.05, 0) is 6.42 Å². The minimum atomic E-state index is -3.20. The number of alkyl halides is 2. The van der Waals surface area contributed by atoms with Gasteiger partial charge in [0.2, 0.25) is 0 Å². The number of carbonyl (C=O) groups is 1. The van der Waals surface area contributed by atoms with Crippen LogP contribution in [0.4, 0.5) is 13.6 Å². The summed E-state index contributed by atoms with van der Waals surface area (Å²) in [6, 6.07) is 0. The molecule has 2 aliphatic heterocycles. The van der Waals surface area contributed by atoms with Gasteiger partial charge < -0.3 is 15.1 Å². The number of amides is 1. The second-order valence-electron chi connectivity index (χ2n) is 5.77. The lowest BCUT2D eigenvalue weighted by Gasteiger charge is -2.25. The van der Waals surface area contributed by atoms with Crippen molar-refractivity contribution in [3.05, 3.63) is 17.0 Å². The molecule has 22 heavy (non-hydrogen) atoms. The minimum Gasteiger partial charge on any atom is -0.465 e. The molecule has 1 atom stereocenters. The van der Waals surface area contributed by atoms with Crippen LogP contribution in [-0.2, 0) is 25.4 Å². The number of carboxylic acid groups (broad SMARTS) is 1. The quantitative estimate of drug-likeness (QED) is 0.705. The van der Waals surface area contributed by atoms with Crippen LogP contribution in [0.15, 0.2) is 0 Å². The van der Waals surface area contributed by atoms with E-state index in [1.54, 1.807) is 0 Å². The number of terminal acetylenes is 1. The van der Waals surface area contributed by atoms with Gasteiger partial charge in [0.15, 0.2) is 0 Å². The normalized spacial score (nSPS) is 26.5. The molecule has 0 spiro atoms. The first-order valence-electron chi connectivity index (χ1n) is 6.91. The second kappa shape index (κ2) is 4.68. The SMILES string of the molecule is C#CC1(O)CCC(F)(F)c2c3c(nn2C1)CCN(C(=O)O)C3. The van der Waals surface area contributed by atoms with E-state index in [4.69, 9.17) is 11.5 Å². The van der Waals surface area contributed by atoms with Gasteiger partial charge in [-0.2, -0.15) is 13.9 Å². The Hall–Kier alpha value is -2.14. The highest BCUT2D eigenvalue weighted by Crippen LogP contribution is 2.42. The molecule has 8 heteroatoms. The topological polar surface area (TPSA) is 78.6 Å². The molecule has 1 aromatic heterocycles. The van der Waals surface area contributed by atoms with Crippen LogP contribution >= 0.6 is 0 Å². The van der Waals surface area contributed by atoms with Crippen LogP contribution in [0.3, 0.4) is 0 Å². The summed E-state index contributed by atoms with van der Waals surface area (Å²) >= 11 is 0. The van der Waals surface area contributed by atoms with Gasteiger partial charge >= 0.3 is 6.09 Å². The maximum Gasteiger partial charge on any atom is 0.407 e. The fraction of sp³-hybridized carbons (Fsp3) is 0.571. The number of hydrogen-bond donors (Lipinski definition) is 2. The molecule has 118 valence electrons. The molecule has 0 bridgehead atoms. The standard InChI is InChI=1S/C14H15F2N3O3/c1-2-13(22)4-5-14(15,16)11-9-7-18(12(20)21)6-3-10(9)17-19(11)8-13/h1,22H,3-8H2,(H,20,21). The first-order valence-corrected chi connectivity index (χ1v) is 6.91. The van der Waals surface area contributed by atoms with E-state index in [9.17, 15) is 18.7 Å². The number of rotatable bonds is 0. The fourth-order valence-electron chi connectivity index (χ4n) is 3.04. The molecule has 3 heterocycles. The van der Waals surface area contributed by atoms with Crippen LogP contribution in [0.25, 0.3) is 0 Å². The van der Waals surface area contributed by atoms with Crippen molar-refractivity contribution >= 4 is 6.09 Å². The lowest BCUT2D eigenvalue weighted by atomic mass is 9.96. The van der Waals surface area contributed by atoms with Crippen molar-refractivity contribution in [2.75, 3.05) is 6.54 Å². The molecule has 1 aromatic rings. The van der Waals surface area contributed by atoms with Crippen molar-refractivity contribution in [3.8, 4) is 12.3 Å². The van der Waals surface area contributed by atoms with Gasteiger partial charge in [-0.3, -0.25) is 4.68 Å². The molecule has 0 saturated heterocycles. The summed E-state index contributed by atoms with van der Waals surface area (Å²) in [4.78, 5) is 12.2. The van der Waals surface area contributed by atoms with Crippen LogP contribution in [-0.4, -0.2) is 43.1 Å². The third-order valence-electron chi connectivity index (χ3n) is 4.25. The first-order chi connectivity index (χ1) is 10.3. The van der Waals surface area contributed by atoms with E-state index >= 15 is 0 Å². The average molecular weight is 311 g/mol. The molecule has 2 aliphatic rings. The number of nitrogens with zero attached hydrogens (tertiary/aromatic N) is 3. The van der Waals surface area contributed by atoms with Crippen molar-refractivity contribution in [1.82, 2.24) is 14.7 Å². The van der Waals surface area contributed by atoms with Gasteiger partial charge in [-0.15, -0.1) is 6.42 Å². The lowest BCUT2D eigenvalue weighted by Crippen LogP contribution is -2.35. The number of aromatic nitrogens is 2. The van der Waals surface area contributed by atoms with Crippen LogP contribution in [0.2, 0.25) is 0 Å². The summed E-state index contributed by atoms with van der Waals surface area (Å²) in [6.45, 7) is -0.123. The maximum atomic E-state index is 14.5. The molecule has 0 aromatic carbocycles. The molecule has 2 N–H and O–H groups in total. The predicted octanol–water partition coefficient (Wildman–Crippen LogP) is 1.17. The molecular weight excluding hydrogens is 296 g/mol. The molecule has 0 fully saturated rings. The van der Waals surface area contributed by atoms with Gasteiger partial charge in [-0.25, -0.2) is 4.79 Å². The Labute approximate surface area is 125 Å². The Morgan fingerprint density at radius 1 is 1.41 bits per heavy atom. The van der Waals surface area contributed by atoms with E-state index in [1.165, 1.54) is 0 Å². The Morgan fingerprint density at radius 3 is 2.77 bits per heavy atom. The molecule has 0 saturated carbocycles. The second-order valence-corrected chi connectivity index (χ2v) is 5.77. The van der Waals surface area contributed by atoms with Crippen LogP contribution in [0.1, 0.15) is 29.8 Å². The van der Waals surface area contributed by atoms with Crippen molar-refractivity contribution in [1.29, 1.82) is 0 Å². The molecule has 1 unspecified atom stereocenters. The number of halogens is 2. The number of hydrogen-bond acceptors (Lipinski definition) is 3. The Morgan fingerprint density at radius 2 is 2.14 bits per heavy atom. The third kappa shape index (κ3) is 2.22. The van der Waals surface area contributed by atoms with Gasteiger partial charge in [0.05, 0.1) is 18.8 Å². The van der Waals surface area contributed by atoms with E-state index in [0.717, 1.165) is 9.58 Å². The summed E-state index contributed by atoms with van der Waals surface area (Å²) in [7, 11) is 0. The van der Waals surface area contributed by atoms with E-state index in [0.29, 0.717) is 5.69 Å². The molecular formula is C14H15F2N3O3. The Balaban J connectivity index is 2.09. The molecule has 0 aliphatic carbocycles. The number of fused-ring (bicyclic) bond motifs is 3. The van der Waals surface area contributed by atoms with E-state index < -0.39 is 24.0 Å². The van der Waals surface area contributed by atoms with Gasteiger partial charge in [0.25, 0.3) is 5.92 Å². The van der Waals surface area contributed by atoms with Crippen LogP contribution in [0, 0.1) is 12.3 Å². The maximum absolute atomic E-state index is 14.5. The summed E-state index contributed by atoms with van der Waals surface area (Å²) in [5.41, 5.74) is -1.30. The summed E-state index contributed by atoms with van der Waals surface area (Å²) in [5.74, 6) is -1.04. The van der Waals surface area contributed by atoms with E-state index in [1.807, 2.05) is 0 Å². The smallest absolute Gasteiger partial charge is 0.407 e. The monoisotopic (exact) mass is 311 g/mol. The van der Waals surface area contributed by atoms with E-state index in [-0.39, 0.29) is 43.7 Å². The largest absolute Gasteiger partial charge is 0.465 e. The fourth-order valence-corrected chi connectivity index (χ4v) is 3.04. The Bertz CT molecular complexity index is 680. The van der Waals surface area contributed by atoms with Crippen molar-refractivity contribution in [2.24, 2.45) is 0 Å². The third-order valence-corrected chi connectivity index (χ3v) is 4.25.